The molecule has 88 valence electrons. The zero-order valence-corrected chi connectivity index (χ0v) is 10.0. The lowest BCUT2D eigenvalue weighted by Crippen LogP contribution is -2.03. The zero-order valence-electron chi connectivity index (χ0n) is 9.27. The van der Waals surface area contributed by atoms with Crippen molar-refractivity contribution in [2.45, 2.75) is 13.2 Å². The van der Waals surface area contributed by atoms with Crippen LogP contribution in [0.5, 0.6) is 5.75 Å². The van der Waals surface area contributed by atoms with Gasteiger partial charge in [-0.3, -0.25) is 4.98 Å². The second kappa shape index (κ2) is 5.66. The predicted octanol–water partition coefficient (Wildman–Crippen LogP) is 2.77. The Morgan fingerprint density at radius 1 is 1.29 bits per heavy atom. The van der Waals surface area contributed by atoms with Gasteiger partial charge in [-0.15, -0.1) is 0 Å². The number of ether oxygens (including phenoxy) is 1. The van der Waals surface area contributed by atoms with Gasteiger partial charge in [0.25, 0.3) is 0 Å². The molecule has 0 amide bonds. The van der Waals surface area contributed by atoms with Crippen molar-refractivity contribution in [3.8, 4) is 5.75 Å². The Morgan fingerprint density at radius 3 is 2.94 bits per heavy atom. The minimum Gasteiger partial charge on any atom is -0.488 e. The molecule has 0 saturated carbocycles. The summed E-state index contributed by atoms with van der Waals surface area (Å²) in [6, 6.07) is 9.40. The Balaban J connectivity index is 2.07. The van der Waals surface area contributed by atoms with Crippen LogP contribution in [0.3, 0.4) is 0 Å². The van der Waals surface area contributed by atoms with E-state index in [0.29, 0.717) is 18.2 Å². The lowest BCUT2D eigenvalue weighted by Gasteiger charge is -2.09. The topological polar surface area (TPSA) is 48.1 Å². The highest BCUT2D eigenvalue weighted by molar-refractivity contribution is 6.30. The van der Waals surface area contributed by atoms with Gasteiger partial charge in [0.05, 0.1) is 0 Å². The van der Waals surface area contributed by atoms with E-state index in [9.17, 15) is 0 Å². The molecule has 1 heterocycles. The molecule has 0 aliphatic heterocycles. The average Bonchev–Trinajstić information content (AvgIpc) is 2.37. The number of halogens is 1. The van der Waals surface area contributed by atoms with E-state index < -0.39 is 0 Å². The summed E-state index contributed by atoms with van der Waals surface area (Å²) < 4.78 is 5.69. The van der Waals surface area contributed by atoms with E-state index >= 15 is 0 Å². The highest BCUT2D eigenvalue weighted by Crippen LogP contribution is 2.18. The minimum absolute atomic E-state index is 0.415. The van der Waals surface area contributed by atoms with Crippen LogP contribution in [0.4, 0.5) is 0 Å². The smallest absolute Gasteiger partial charge is 0.127 e. The van der Waals surface area contributed by atoms with Crippen molar-refractivity contribution < 1.29 is 4.74 Å². The summed E-state index contributed by atoms with van der Waals surface area (Å²) in [5.74, 6) is 0.766. The zero-order chi connectivity index (χ0) is 12.1. The maximum atomic E-state index is 5.90. The summed E-state index contributed by atoms with van der Waals surface area (Å²) in [6.07, 6.45) is 3.40. The molecule has 2 aromatic rings. The number of rotatable bonds is 4. The molecular weight excluding hydrogens is 236 g/mol. The van der Waals surface area contributed by atoms with E-state index in [1.54, 1.807) is 12.4 Å². The lowest BCUT2D eigenvalue weighted by molar-refractivity contribution is 0.302. The second-order valence-electron chi connectivity index (χ2n) is 3.61. The van der Waals surface area contributed by atoms with E-state index in [-0.39, 0.29) is 0 Å². The molecule has 0 spiro atoms. The van der Waals surface area contributed by atoms with Crippen LogP contribution in [0.25, 0.3) is 0 Å². The van der Waals surface area contributed by atoms with Crippen molar-refractivity contribution in [3.05, 3.63) is 58.9 Å². The van der Waals surface area contributed by atoms with Gasteiger partial charge in [0.1, 0.15) is 12.4 Å². The first kappa shape index (κ1) is 11.9. The summed E-state index contributed by atoms with van der Waals surface area (Å²) >= 11 is 5.90. The van der Waals surface area contributed by atoms with Crippen LogP contribution in [0.1, 0.15) is 11.1 Å². The average molecular weight is 249 g/mol. The molecule has 0 fully saturated rings. The van der Waals surface area contributed by atoms with Crippen molar-refractivity contribution in [3.63, 3.8) is 0 Å². The number of hydrogen-bond acceptors (Lipinski definition) is 3. The van der Waals surface area contributed by atoms with Gasteiger partial charge in [-0.05, 0) is 23.8 Å². The van der Waals surface area contributed by atoms with Gasteiger partial charge in [-0.2, -0.15) is 0 Å². The number of pyridine rings is 1. The maximum Gasteiger partial charge on any atom is 0.127 e. The standard InChI is InChI=1S/C13H13ClN2O/c14-12-3-1-2-10(6-12)9-17-13-4-5-16-8-11(13)7-15/h1-6,8H,7,9,15H2. The highest BCUT2D eigenvalue weighted by Gasteiger charge is 2.02. The molecule has 3 nitrogen and oxygen atoms in total. The van der Waals surface area contributed by atoms with Gasteiger partial charge in [-0.25, -0.2) is 0 Å². The van der Waals surface area contributed by atoms with E-state index in [1.165, 1.54) is 0 Å². The molecule has 1 aromatic heterocycles. The van der Waals surface area contributed by atoms with Crippen LogP contribution in [-0.2, 0) is 13.2 Å². The molecule has 0 saturated heterocycles. The lowest BCUT2D eigenvalue weighted by atomic mass is 10.2. The Kier molecular flexibility index (Phi) is 3.96. The summed E-state index contributed by atoms with van der Waals surface area (Å²) in [5, 5.41) is 0.708. The van der Waals surface area contributed by atoms with Gasteiger partial charge in [0.15, 0.2) is 0 Å². The van der Waals surface area contributed by atoms with E-state index in [4.69, 9.17) is 22.1 Å². The molecule has 2 rings (SSSR count). The molecule has 0 radical (unpaired) electrons. The predicted molar refractivity (Wildman–Crippen MR) is 67.9 cm³/mol. The Hall–Kier alpha value is -1.58. The summed E-state index contributed by atoms with van der Waals surface area (Å²) in [4.78, 5) is 4.00. The number of hydrogen-bond donors (Lipinski definition) is 1. The van der Waals surface area contributed by atoms with Crippen molar-refractivity contribution in [1.82, 2.24) is 4.98 Å². The summed E-state index contributed by atoms with van der Waals surface area (Å²) in [6.45, 7) is 0.885. The third kappa shape index (κ3) is 3.19. The van der Waals surface area contributed by atoms with Crippen molar-refractivity contribution in [2.24, 2.45) is 5.73 Å². The largest absolute Gasteiger partial charge is 0.488 e. The van der Waals surface area contributed by atoms with Crippen LogP contribution in [0.15, 0.2) is 42.7 Å². The Labute approximate surface area is 105 Å². The minimum atomic E-state index is 0.415. The fourth-order valence-corrected chi connectivity index (χ4v) is 1.71. The SMILES string of the molecule is NCc1cnccc1OCc1cccc(Cl)c1. The first-order chi connectivity index (χ1) is 8.29. The molecule has 0 aliphatic carbocycles. The quantitative estimate of drug-likeness (QED) is 0.905. The number of nitrogens with zero attached hydrogens (tertiary/aromatic N) is 1. The maximum absolute atomic E-state index is 5.90. The van der Waals surface area contributed by atoms with Gasteiger partial charge in [0.2, 0.25) is 0 Å². The third-order valence-corrected chi connectivity index (χ3v) is 2.60. The van der Waals surface area contributed by atoms with Crippen molar-refractivity contribution in [1.29, 1.82) is 0 Å². The van der Waals surface area contributed by atoms with Crippen LogP contribution < -0.4 is 10.5 Å². The molecule has 0 unspecified atom stereocenters. The highest BCUT2D eigenvalue weighted by atomic mass is 35.5. The van der Waals surface area contributed by atoms with Gasteiger partial charge >= 0.3 is 0 Å². The summed E-state index contributed by atoms with van der Waals surface area (Å²) in [7, 11) is 0. The second-order valence-corrected chi connectivity index (χ2v) is 4.04. The van der Waals surface area contributed by atoms with Crippen LogP contribution in [0.2, 0.25) is 5.02 Å². The summed E-state index contributed by atoms with van der Waals surface area (Å²) in [5.41, 5.74) is 7.53. The first-order valence-corrected chi connectivity index (χ1v) is 5.67. The number of aromatic nitrogens is 1. The van der Waals surface area contributed by atoms with Crippen molar-refractivity contribution >= 4 is 11.6 Å². The number of nitrogens with two attached hydrogens (primary N) is 1. The molecule has 17 heavy (non-hydrogen) atoms. The van der Waals surface area contributed by atoms with Crippen LogP contribution in [0, 0.1) is 0 Å². The normalized spacial score (nSPS) is 10.2. The molecule has 0 aliphatic rings. The molecule has 0 bridgehead atoms. The molecule has 0 atom stereocenters. The van der Waals surface area contributed by atoms with E-state index in [2.05, 4.69) is 4.98 Å². The molecule has 4 heteroatoms. The van der Waals surface area contributed by atoms with Gasteiger partial charge in [-0.1, -0.05) is 23.7 Å². The Morgan fingerprint density at radius 2 is 2.18 bits per heavy atom. The van der Waals surface area contributed by atoms with Crippen LogP contribution >= 0.6 is 11.6 Å². The molecule has 1 aromatic carbocycles. The number of benzene rings is 1. The van der Waals surface area contributed by atoms with Crippen LogP contribution in [-0.4, -0.2) is 4.98 Å². The van der Waals surface area contributed by atoms with Gasteiger partial charge in [0, 0.05) is 29.5 Å². The first-order valence-electron chi connectivity index (χ1n) is 5.30. The van der Waals surface area contributed by atoms with E-state index in [0.717, 1.165) is 16.9 Å². The third-order valence-electron chi connectivity index (χ3n) is 2.36. The Bertz CT molecular complexity index is 502. The molecule has 2 N–H and O–H groups in total. The fraction of sp³-hybridized carbons (Fsp3) is 0.154. The van der Waals surface area contributed by atoms with Crippen molar-refractivity contribution in [2.75, 3.05) is 0 Å². The van der Waals surface area contributed by atoms with Gasteiger partial charge < -0.3 is 10.5 Å². The molecular formula is C13H13ClN2O. The monoisotopic (exact) mass is 248 g/mol. The van der Waals surface area contributed by atoms with E-state index in [1.807, 2.05) is 30.3 Å². The fourth-order valence-electron chi connectivity index (χ4n) is 1.50.